The first-order valence-electron chi connectivity index (χ1n) is 36.6. The second-order valence-corrected chi connectivity index (χ2v) is 30.7. The van der Waals surface area contributed by atoms with Crippen LogP contribution in [0.1, 0.15) is 195 Å². The van der Waals surface area contributed by atoms with Crippen LogP contribution in [0.2, 0.25) is 0 Å². The Morgan fingerprint density at radius 2 is 1.24 bits per heavy atom. The number of carbonyl (C=O) groups is 12. The standard InChI is InChI=1S/C71H114F4N12O12/c1-14-43(4)58-67(97)81(9)44(5)62(92)87-36-32-52(87)66(96)83(11)54(39-45-23-16-15-17-24-45)65(95)80(8)41-56(88)76-50(31-29-46-28-30-48(49(72)38-46)71(73,74)75)63(93)86-35-22-27-51(86)61(91)78-70(33-20-21-34-70)69(99)85(13)59(47-25-18-19-26-47)68(98)84(12)55(64(94)79(6)7)40-57(89)82(10)53(37-42(2)3)60(90)77-58/h42-55,58-59H,14-41H2,1-13H3,(H,76,88)(H,77,90)(H,78,91)/t43-,44-,46?,48?,49?,50-,51-,52-,53-,54-,55-,58-,59-/m0/s1. The van der Waals surface area contributed by atoms with Gasteiger partial charge in [0.15, 0.2) is 0 Å². The summed E-state index contributed by atoms with van der Waals surface area (Å²) in [6.45, 7) is 8.40. The molecule has 3 aliphatic heterocycles. The van der Waals surface area contributed by atoms with Gasteiger partial charge in [0.05, 0.1) is 18.9 Å². The quantitative estimate of drug-likeness (QED) is 0.219. The van der Waals surface area contributed by atoms with Crippen molar-refractivity contribution >= 4 is 70.9 Å². The predicted molar refractivity (Wildman–Crippen MR) is 361 cm³/mol. The van der Waals surface area contributed by atoms with E-state index < -0.39 is 193 Å². The average molecular weight is 1400 g/mol. The smallest absolute Gasteiger partial charge is 0.347 e. The number of amides is 12. The fraction of sp³-hybridized carbons (Fsp3) is 0.831. The van der Waals surface area contributed by atoms with Crippen LogP contribution in [-0.2, 0) is 57.5 Å². The highest BCUT2D eigenvalue weighted by atomic mass is 19.4. The molecule has 28 heteroatoms. The van der Waals surface area contributed by atoms with E-state index in [2.05, 4.69) is 16.0 Å². The fourth-order valence-electron chi connectivity index (χ4n) is 16.5. The lowest BCUT2D eigenvalue weighted by Crippen LogP contribution is -2.65. The van der Waals surface area contributed by atoms with E-state index >= 15 is 23.6 Å². The maximum absolute atomic E-state index is 15.6. The third kappa shape index (κ3) is 18.7. The zero-order chi connectivity index (χ0) is 73.3. The minimum Gasteiger partial charge on any atom is -0.347 e. The van der Waals surface area contributed by atoms with Crippen LogP contribution < -0.4 is 16.0 Å². The summed E-state index contributed by atoms with van der Waals surface area (Å²) in [4.78, 5) is 191. The van der Waals surface area contributed by atoms with E-state index in [1.807, 2.05) is 20.8 Å². The topological polar surface area (TPSA) is 270 Å². The molecule has 4 aliphatic carbocycles. The first-order chi connectivity index (χ1) is 46.5. The van der Waals surface area contributed by atoms with Crippen LogP contribution in [0.25, 0.3) is 0 Å². The number of carbonyl (C=O) groups excluding carboxylic acids is 12. The molecule has 13 atom stereocenters. The van der Waals surface area contributed by atoms with Crippen LogP contribution in [-0.4, -0.2) is 263 Å². The van der Waals surface area contributed by atoms with Crippen molar-refractivity contribution < 1.29 is 75.1 Å². The molecule has 12 amide bonds. The zero-order valence-electron chi connectivity index (χ0n) is 61.0. The Balaban J connectivity index is 1.27. The molecule has 0 aromatic rings. The van der Waals surface area contributed by atoms with E-state index in [-0.39, 0.29) is 82.7 Å². The Kier molecular flexibility index (Phi) is 27.6. The second-order valence-electron chi connectivity index (χ2n) is 30.7. The summed E-state index contributed by atoms with van der Waals surface area (Å²) in [7, 11) is 11.6. The fourth-order valence-corrected chi connectivity index (χ4v) is 16.5. The molecular formula is C71H114F4N12O12. The molecule has 7 aliphatic rings. The molecule has 99 heavy (non-hydrogen) atoms. The maximum Gasteiger partial charge on any atom is 0.394 e. The monoisotopic (exact) mass is 1400 g/mol. The van der Waals surface area contributed by atoms with Crippen molar-refractivity contribution in [3.8, 4) is 0 Å². The molecule has 3 saturated heterocycles. The third-order valence-corrected chi connectivity index (χ3v) is 23.3. The van der Waals surface area contributed by atoms with Gasteiger partial charge in [-0.3, -0.25) is 57.5 Å². The summed E-state index contributed by atoms with van der Waals surface area (Å²) in [5, 5.41) is 8.75. The molecule has 1 spiro atoms. The summed E-state index contributed by atoms with van der Waals surface area (Å²) < 4.78 is 56.9. The Hall–Kier alpha value is -6.64. The molecule has 7 fully saturated rings. The predicted octanol–water partition coefficient (Wildman–Crippen LogP) is 5.43. The number of halogens is 4. The number of likely N-dealkylation sites (N-methyl/N-ethyl adjacent to an activating group) is 7. The minimum atomic E-state index is -4.75. The van der Waals surface area contributed by atoms with Gasteiger partial charge >= 0.3 is 6.18 Å². The van der Waals surface area contributed by atoms with Gasteiger partial charge in [-0.25, -0.2) is 4.39 Å². The second kappa shape index (κ2) is 34.4. The van der Waals surface area contributed by atoms with Crippen LogP contribution >= 0.6 is 0 Å². The summed E-state index contributed by atoms with van der Waals surface area (Å²) in [6.07, 6.45) is 1.13. The van der Waals surface area contributed by atoms with Crippen molar-refractivity contribution in [2.45, 2.75) is 267 Å². The average Bonchev–Trinajstić information content (AvgIpc) is 1.61. The highest BCUT2D eigenvalue weighted by Gasteiger charge is 2.53. The SMILES string of the molecule is CC[C@H](C)[C@@H]1NC(=O)[C@H](CC(C)C)N(C)C(=O)C[C@@H](C(=O)N(C)C)N(C)C(=O)[C@H](C2CCCC2)N(C)C(=O)C2(CCCC2)NC(=O)[C@@H]2CCCN2C(=O)[C@H](CCC2CCC(C(F)(F)F)C(F)C2)NC(=O)CN(C)C(=O)[C@H](CC2CCCCC2)N(C)C(=O)[C@@H]2CCN2C(=O)[C@H](C)N(C)C1=O. The largest absolute Gasteiger partial charge is 0.394 e. The molecule has 24 nitrogen and oxygen atoms in total. The molecule has 0 aromatic heterocycles. The Bertz CT molecular complexity index is 2920. The van der Waals surface area contributed by atoms with Gasteiger partial charge in [-0.15, -0.1) is 0 Å². The highest BCUT2D eigenvalue weighted by molar-refractivity contribution is 6.01. The van der Waals surface area contributed by atoms with Gasteiger partial charge in [-0.2, -0.15) is 13.2 Å². The molecule has 7 rings (SSSR count). The van der Waals surface area contributed by atoms with Crippen molar-refractivity contribution in [2.24, 2.45) is 35.5 Å². The van der Waals surface area contributed by atoms with Gasteiger partial charge in [0.1, 0.15) is 66.1 Å². The van der Waals surface area contributed by atoms with E-state index in [0.29, 0.717) is 38.5 Å². The van der Waals surface area contributed by atoms with Gasteiger partial charge in [-0.05, 0) is 126 Å². The van der Waals surface area contributed by atoms with Gasteiger partial charge in [0, 0.05) is 69.5 Å². The molecule has 0 aromatic carbocycles. The summed E-state index contributed by atoms with van der Waals surface area (Å²) in [6, 6.07) is -11.0. The number of nitrogens with zero attached hydrogens (tertiary/aromatic N) is 9. The van der Waals surface area contributed by atoms with E-state index in [1.165, 1.54) is 103 Å². The third-order valence-electron chi connectivity index (χ3n) is 23.3. The molecule has 0 bridgehead atoms. The first-order valence-corrected chi connectivity index (χ1v) is 36.6. The summed E-state index contributed by atoms with van der Waals surface area (Å²) in [5.74, 6) is -11.5. The maximum atomic E-state index is 15.6. The van der Waals surface area contributed by atoms with E-state index in [1.54, 1.807) is 6.92 Å². The van der Waals surface area contributed by atoms with Gasteiger partial charge in [-0.1, -0.05) is 91.9 Å². The zero-order valence-corrected chi connectivity index (χ0v) is 61.0. The number of alkyl halides is 4. The van der Waals surface area contributed by atoms with Crippen molar-refractivity contribution in [1.29, 1.82) is 0 Å². The van der Waals surface area contributed by atoms with E-state index in [4.69, 9.17) is 0 Å². The van der Waals surface area contributed by atoms with Gasteiger partial charge in [0.2, 0.25) is 70.9 Å². The van der Waals surface area contributed by atoms with E-state index in [0.717, 1.165) is 49.8 Å². The Labute approximate surface area is 582 Å². The molecule has 3 unspecified atom stereocenters. The van der Waals surface area contributed by atoms with Gasteiger partial charge in [0.25, 0.3) is 0 Å². The number of nitrogens with one attached hydrogen (secondary N) is 3. The first kappa shape index (κ1) is 79.7. The lowest BCUT2D eigenvalue weighted by atomic mass is 9.78. The van der Waals surface area contributed by atoms with Crippen LogP contribution in [0.5, 0.6) is 0 Å². The van der Waals surface area contributed by atoms with Crippen molar-refractivity contribution in [3.63, 3.8) is 0 Å². The van der Waals surface area contributed by atoms with Crippen LogP contribution in [0.15, 0.2) is 0 Å². The van der Waals surface area contributed by atoms with Crippen molar-refractivity contribution in [2.75, 3.05) is 76.0 Å². The van der Waals surface area contributed by atoms with E-state index in [9.17, 15) is 51.5 Å². The Morgan fingerprint density at radius 1 is 0.616 bits per heavy atom. The minimum absolute atomic E-state index is 0.00132. The molecular weight excluding hydrogens is 1290 g/mol. The lowest BCUT2D eigenvalue weighted by Gasteiger charge is -2.45. The summed E-state index contributed by atoms with van der Waals surface area (Å²) >= 11 is 0. The van der Waals surface area contributed by atoms with Crippen LogP contribution in [0, 0.1) is 35.5 Å². The Morgan fingerprint density at radius 3 is 1.82 bits per heavy atom. The molecule has 4 saturated carbocycles. The van der Waals surface area contributed by atoms with Crippen molar-refractivity contribution in [1.82, 2.24) is 60.0 Å². The summed E-state index contributed by atoms with van der Waals surface area (Å²) in [5.41, 5.74) is -1.57. The number of fused-ring (bicyclic) bond motifs is 2. The highest BCUT2D eigenvalue weighted by Crippen LogP contribution is 2.43. The normalized spacial score (nSPS) is 31.2. The number of rotatable bonds is 11. The number of hydrogen-bond acceptors (Lipinski definition) is 12. The van der Waals surface area contributed by atoms with Crippen molar-refractivity contribution in [3.05, 3.63) is 0 Å². The van der Waals surface area contributed by atoms with Crippen LogP contribution in [0.3, 0.4) is 0 Å². The molecule has 3 heterocycles. The number of hydrogen-bond donors (Lipinski definition) is 3. The molecule has 558 valence electrons. The molecule has 3 N–H and O–H groups in total. The lowest BCUT2D eigenvalue weighted by molar-refractivity contribution is -0.201. The molecule has 0 radical (unpaired) electrons. The van der Waals surface area contributed by atoms with Gasteiger partial charge < -0.3 is 60.0 Å². The van der Waals surface area contributed by atoms with Crippen LogP contribution in [0.4, 0.5) is 17.6 Å².